The first-order chi connectivity index (χ1) is 12.1. The molecule has 1 N–H and O–H groups in total. The number of unbranched alkanes of at least 4 members (excludes halogenated alkanes) is 1. The number of benzene rings is 1. The molecule has 2 heterocycles. The van der Waals surface area contributed by atoms with Crippen LogP contribution in [0.4, 0.5) is 0 Å². The maximum absolute atomic E-state index is 12.4. The Kier molecular flexibility index (Phi) is 5.60. The largest absolute Gasteiger partial charge is 0.355 e. The maximum Gasteiger partial charge on any atom is 0.261 e. The summed E-state index contributed by atoms with van der Waals surface area (Å²) in [5.41, 5.74) is 0.394. The van der Waals surface area contributed by atoms with Crippen LogP contribution in [-0.4, -0.2) is 31.6 Å². The summed E-state index contributed by atoms with van der Waals surface area (Å²) >= 11 is 3.34. The molecular formula is C17H18BrN5O2. The monoisotopic (exact) mass is 403 g/mol. The highest BCUT2D eigenvalue weighted by molar-refractivity contribution is 9.10. The van der Waals surface area contributed by atoms with E-state index < -0.39 is 0 Å². The van der Waals surface area contributed by atoms with Crippen LogP contribution in [-0.2, 0) is 17.9 Å². The second-order valence-electron chi connectivity index (χ2n) is 5.70. The van der Waals surface area contributed by atoms with Crippen LogP contribution in [0.2, 0.25) is 0 Å². The number of aromatic nitrogens is 4. The third-order valence-electron chi connectivity index (χ3n) is 3.82. The van der Waals surface area contributed by atoms with E-state index in [0.29, 0.717) is 17.4 Å². The average Bonchev–Trinajstić information content (AvgIpc) is 3.11. The van der Waals surface area contributed by atoms with E-state index in [0.717, 1.165) is 23.9 Å². The molecule has 0 aliphatic rings. The number of amides is 1. The van der Waals surface area contributed by atoms with Gasteiger partial charge in [0.15, 0.2) is 0 Å². The first kappa shape index (κ1) is 17.3. The summed E-state index contributed by atoms with van der Waals surface area (Å²) in [6, 6.07) is 5.32. The molecule has 0 saturated carbocycles. The van der Waals surface area contributed by atoms with Gasteiger partial charge in [0.2, 0.25) is 5.91 Å². The smallest absolute Gasteiger partial charge is 0.261 e. The summed E-state index contributed by atoms with van der Waals surface area (Å²) in [4.78, 5) is 32.7. The van der Waals surface area contributed by atoms with E-state index >= 15 is 0 Å². The van der Waals surface area contributed by atoms with Gasteiger partial charge in [0, 0.05) is 30.0 Å². The van der Waals surface area contributed by atoms with E-state index in [9.17, 15) is 9.59 Å². The predicted octanol–water partition coefficient (Wildman–Crippen LogP) is 1.95. The van der Waals surface area contributed by atoms with Crippen molar-refractivity contribution in [2.75, 3.05) is 6.54 Å². The lowest BCUT2D eigenvalue weighted by Crippen LogP contribution is -2.33. The molecule has 0 atom stereocenters. The van der Waals surface area contributed by atoms with Gasteiger partial charge in [-0.2, -0.15) is 0 Å². The number of carbonyl (C=O) groups is 1. The zero-order valence-electron chi connectivity index (χ0n) is 13.6. The molecule has 0 fully saturated rings. The fraction of sp³-hybridized carbons (Fsp3) is 0.294. The minimum atomic E-state index is -0.221. The van der Waals surface area contributed by atoms with Gasteiger partial charge < -0.3 is 9.88 Å². The van der Waals surface area contributed by atoms with Crippen LogP contribution in [0.25, 0.3) is 10.9 Å². The minimum absolute atomic E-state index is 0.0319. The number of nitrogens with one attached hydrogen (secondary N) is 1. The van der Waals surface area contributed by atoms with Crippen molar-refractivity contribution in [3.05, 3.63) is 58.1 Å². The van der Waals surface area contributed by atoms with Gasteiger partial charge in [0.25, 0.3) is 5.56 Å². The molecule has 7 nitrogen and oxygen atoms in total. The first-order valence-electron chi connectivity index (χ1n) is 8.00. The van der Waals surface area contributed by atoms with Gasteiger partial charge in [-0.25, -0.2) is 9.97 Å². The summed E-state index contributed by atoms with van der Waals surface area (Å²) in [7, 11) is 0. The summed E-state index contributed by atoms with van der Waals surface area (Å²) in [6.45, 7) is 1.42. The van der Waals surface area contributed by atoms with Gasteiger partial charge in [0.05, 0.1) is 23.6 Å². The van der Waals surface area contributed by atoms with E-state index in [1.54, 1.807) is 24.7 Å². The molecule has 0 bridgehead atoms. The zero-order chi connectivity index (χ0) is 17.6. The molecule has 130 valence electrons. The van der Waals surface area contributed by atoms with E-state index in [2.05, 4.69) is 31.2 Å². The zero-order valence-corrected chi connectivity index (χ0v) is 15.1. The van der Waals surface area contributed by atoms with E-state index in [-0.39, 0.29) is 18.0 Å². The Morgan fingerprint density at radius 2 is 2.12 bits per heavy atom. The van der Waals surface area contributed by atoms with Crippen LogP contribution >= 0.6 is 15.9 Å². The predicted molar refractivity (Wildman–Crippen MR) is 98.2 cm³/mol. The van der Waals surface area contributed by atoms with Crippen LogP contribution in [0.1, 0.15) is 12.8 Å². The number of rotatable bonds is 7. The number of nitrogens with zero attached hydrogens (tertiary/aromatic N) is 4. The van der Waals surface area contributed by atoms with Gasteiger partial charge in [-0.15, -0.1) is 0 Å². The van der Waals surface area contributed by atoms with Gasteiger partial charge in [-0.3, -0.25) is 14.2 Å². The molecule has 8 heteroatoms. The van der Waals surface area contributed by atoms with E-state index in [4.69, 9.17) is 0 Å². The molecular weight excluding hydrogens is 386 g/mol. The second kappa shape index (κ2) is 8.06. The lowest BCUT2D eigenvalue weighted by Gasteiger charge is -2.08. The molecule has 1 amide bonds. The number of carbonyl (C=O) groups excluding carboxylic acids is 1. The topological polar surface area (TPSA) is 81.8 Å². The van der Waals surface area contributed by atoms with Crippen molar-refractivity contribution < 1.29 is 4.79 Å². The van der Waals surface area contributed by atoms with Crippen molar-refractivity contribution in [3.8, 4) is 0 Å². The summed E-state index contributed by atoms with van der Waals surface area (Å²) in [5, 5.41) is 3.33. The summed E-state index contributed by atoms with van der Waals surface area (Å²) < 4.78 is 4.13. The molecule has 0 spiro atoms. The number of aryl methyl sites for hydroxylation is 1. The van der Waals surface area contributed by atoms with Crippen LogP contribution in [0, 0.1) is 0 Å². The van der Waals surface area contributed by atoms with E-state index in [1.807, 2.05) is 16.8 Å². The Morgan fingerprint density at radius 3 is 2.92 bits per heavy atom. The molecule has 25 heavy (non-hydrogen) atoms. The van der Waals surface area contributed by atoms with Crippen LogP contribution < -0.4 is 10.9 Å². The van der Waals surface area contributed by atoms with Crippen LogP contribution in [0.3, 0.4) is 0 Å². The quantitative estimate of drug-likeness (QED) is 0.611. The van der Waals surface area contributed by atoms with Gasteiger partial charge in [0.1, 0.15) is 6.54 Å². The SMILES string of the molecule is O=C(Cn1cnc2ccc(Br)cc2c1=O)NCCCCn1ccnc1. The van der Waals surface area contributed by atoms with E-state index in [1.165, 1.54) is 10.9 Å². The molecule has 2 aromatic heterocycles. The highest BCUT2D eigenvalue weighted by Gasteiger charge is 2.08. The standard InChI is InChI=1S/C17H18BrN5O2/c18-13-3-4-15-14(9-13)17(25)23(12-21-15)10-16(24)20-5-1-2-7-22-8-6-19-11-22/h3-4,6,8-9,11-12H,1-2,5,7,10H2,(H,20,24). The fourth-order valence-corrected chi connectivity index (χ4v) is 2.88. The Balaban J connectivity index is 1.51. The first-order valence-corrected chi connectivity index (χ1v) is 8.80. The van der Waals surface area contributed by atoms with Crippen molar-refractivity contribution in [1.29, 1.82) is 0 Å². The van der Waals surface area contributed by atoms with Crippen molar-refractivity contribution >= 4 is 32.7 Å². The van der Waals surface area contributed by atoms with Crippen LogP contribution in [0.15, 0.2) is 52.5 Å². The van der Waals surface area contributed by atoms with Crippen molar-refractivity contribution in [2.45, 2.75) is 25.9 Å². The number of halogens is 1. The van der Waals surface area contributed by atoms with Crippen molar-refractivity contribution in [2.24, 2.45) is 0 Å². The lowest BCUT2D eigenvalue weighted by molar-refractivity contribution is -0.121. The molecule has 0 saturated heterocycles. The van der Waals surface area contributed by atoms with Crippen molar-refractivity contribution in [1.82, 2.24) is 24.4 Å². The highest BCUT2D eigenvalue weighted by atomic mass is 79.9. The fourth-order valence-electron chi connectivity index (χ4n) is 2.52. The lowest BCUT2D eigenvalue weighted by atomic mass is 10.2. The Morgan fingerprint density at radius 1 is 1.24 bits per heavy atom. The van der Waals surface area contributed by atoms with Gasteiger partial charge >= 0.3 is 0 Å². The third kappa shape index (κ3) is 4.54. The van der Waals surface area contributed by atoms with Crippen molar-refractivity contribution in [3.63, 3.8) is 0 Å². The Labute approximate surface area is 152 Å². The van der Waals surface area contributed by atoms with Gasteiger partial charge in [-0.1, -0.05) is 15.9 Å². The number of fused-ring (bicyclic) bond motifs is 1. The summed E-state index contributed by atoms with van der Waals surface area (Å²) in [5.74, 6) is -0.194. The minimum Gasteiger partial charge on any atom is -0.355 e. The van der Waals surface area contributed by atoms with Gasteiger partial charge in [-0.05, 0) is 31.0 Å². The molecule has 0 radical (unpaired) electrons. The average molecular weight is 404 g/mol. The molecule has 0 aliphatic heterocycles. The normalized spacial score (nSPS) is 10.9. The molecule has 3 aromatic rings. The number of hydrogen-bond donors (Lipinski definition) is 1. The molecule has 0 aliphatic carbocycles. The second-order valence-corrected chi connectivity index (χ2v) is 6.61. The Bertz CT molecular complexity index is 920. The number of hydrogen-bond acceptors (Lipinski definition) is 4. The Hall–Kier alpha value is -2.48. The number of imidazole rings is 1. The summed E-state index contributed by atoms with van der Waals surface area (Å²) in [6.07, 6.45) is 8.66. The molecule has 3 rings (SSSR count). The molecule has 0 unspecified atom stereocenters. The van der Waals surface area contributed by atoms with Crippen LogP contribution in [0.5, 0.6) is 0 Å². The maximum atomic E-state index is 12.4. The molecule has 1 aromatic carbocycles. The highest BCUT2D eigenvalue weighted by Crippen LogP contribution is 2.14. The third-order valence-corrected chi connectivity index (χ3v) is 4.32.